The van der Waals surface area contributed by atoms with E-state index in [0.29, 0.717) is 22.1 Å². The van der Waals surface area contributed by atoms with Gasteiger partial charge in [-0.1, -0.05) is 59.2 Å². The van der Waals surface area contributed by atoms with Gasteiger partial charge in [-0.05, 0) is 36.8 Å². The van der Waals surface area contributed by atoms with Crippen LogP contribution in [0.1, 0.15) is 16.9 Å². The average molecular weight is 377 g/mol. The van der Waals surface area contributed by atoms with E-state index in [1.54, 1.807) is 12.3 Å². The summed E-state index contributed by atoms with van der Waals surface area (Å²) in [7, 11) is 0. The summed E-state index contributed by atoms with van der Waals surface area (Å²) in [6, 6.07) is 21.2. The van der Waals surface area contributed by atoms with E-state index in [4.69, 9.17) is 16.0 Å². The smallest absolute Gasteiger partial charge is 0.164 e. The Hall–Kier alpha value is -3.24. The molecule has 1 heterocycles. The minimum Gasteiger partial charge on any atom is -0.461 e. The molecule has 0 aliphatic rings. The third-order valence-electron chi connectivity index (χ3n) is 4.47. The van der Waals surface area contributed by atoms with E-state index in [-0.39, 0.29) is 0 Å². The van der Waals surface area contributed by atoms with Gasteiger partial charge in [0.2, 0.25) is 0 Å². The lowest BCUT2D eigenvalue weighted by Gasteiger charge is -2.12. The van der Waals surface area contributed by atoms with Crippen LogP contribution in [0.3, 0.4) is 0 Å². The van der Waals surface area contributed by atoms with E-state index in [0.717, 1.165) is 27.7 Å². The molecule has 0 aliphatic carbocycles. The molecule has 0 unspecified atom stereocenters. The first-order valence-corrected chi connectivity index (χ1v) is 8.86. The van der Waals surface area contributed by atoms with Gasteiger partial charge in [-0.3, -0.25) is 0 Å². The van der Waals surface area contributed by atoms with Crippen LogP contribution in [0, 0.1) is 6.92 Å². The minimum absolute atomic E-state index is 0.295. The summed E-state index contributed by atoms with van der Waals surface area (Å²) in [4.78, 5) is 0. The summed E-state index contributed by atoms with van der Waals surface area (Å²) in [5, 5.41) is 18.7. The zero-order valence-corrected chi connectivity index (χ0v) is 15.4. The minimum atomic E-state index is 0.295. The molecule has 3 aromatic carbocycles. The maximum atomic E-state index is 9.63. The molecule has 134 valence electrons. The third-order valence-corrected chi connectivity index (χ3v) is 4.79. The quantitative estimate of drug-likeness (QED) is 0.247. The molecule has 0 spiro atoms. The molecule has 4 rings (SSSR count). The van der Waals surface area contributed by atoms with Crippen molar-refractivity contribution < 1.29 is 9.62 Å². The largest absolute Gasteiger partial charge is 0.461 e. The maximum Gasteiger partial charge on any atom is 0.164 e. The van der Waals surface area contributed by atoms with E-state index < -0.39 is 0 Å². The molecule has 0 aliphatic heterocycles. The van der Waals surface area contributed by atoms with Crippen molar-refractivity contribution in [2.45, 2.75) is 6.92 Å². The van der Waals surface area contributed by atoms with Crippen molar-refractivity contribution in [2.24, 2.45) is 5.16 Å². The Labute approximate surface area is 161 Å². The first-order valence-electron chi connectivity index (χ1n) is 8.48. The van der Waals surface area contributed by atoms with Crippen molar-refractivity contribution in [3.05, 3.63) is 94.9 Å². The monoisotopic (exact) mass is 376 g/mol. The molecule has 0 radical (unpaired) electrons. The molecule has 5 heteroatoms. The van der Waals surface area contributed by atoms with Gasteiger partial charge in [0.05, 0.1) is 11.3 Å². The fourth-order valence-corrected chi connectivity index (χ4v) is 3.32. The number of oxime groups is 1. The number of nitrogens with zero attached hydrogens (tertiary/aromatic N) is 1. The summed E-state index contributed by atoms with van der Waals surface area (Å²) in [5.74, 6) is 0.481. The molecule has 0 fully saturated rings. The van der Waals surface area contributed by atoms with E-state index in [2.05, 4.69) is 10.5 Å². The molecular weight excluding hydrogens is 360 g/mol. The maximum absolute atomic E-state index is 9.63. The molecule has 0 bridgehead atoms. The van der Waals surface area contributed by atoms with E-state index in [1.165, 1.54) is 0 Å². The van der Waals surface area contributed by atoms with Crippen molar-refractivity contribution >= 4 is 39.5 Å². The lowest BCUT2D eigenvalue weighted by atomic mass is 10.0. The number of rotatable bonds is 4. The Bertz CT molecular complexity index is 1150. The van der Waals surface area contributed by atoms with Gasteiger partial charge < -0.3 is 14.9 Å². The predicted molar refractivity (Wildman–Crippen MR) is 110 cm³/mol. The second kappa shape index (κ2) is 7.17. The number of hydrogen-bond donors (Lipinski definition) is 2. The van der Waals surface area contributed by atoms with Gasteiger partial charge in [0, 0.05) is 27.7 Å². The van der Waals surface area contributed by atoms with Crippen LogP contribution in [0.4, 0.5) is 11.4 Å². The van der Waals surface area contributed by atoms with Crippen LogP contribution in [-0.2, 0) is 0 Å². The van der Waals surface area contributed by atoms with Crippen molar-refractivity contribution in [1.82, 2.24) is 0 Å². The van der Waals surface area contributed by atoms with Crippen LogP contribution < -0.4 is 5.32 Å². The van der Waals surface area contributed by atoms with Gasteiger partial charge in [-0.15, -0.1) is 0 Å². The number of para-hydroxylation sites is 1. The topological polar surface area (TPSA) is 57.8 Å². The molecular formula is C22H17ClN2O2. The number of nitrogens with one attached hydrogen (secondary N) is 1. The van der Waals surface area contributed by atoms with Crippen LogP contribution in [0.15, 0.2) is 82.6 Å². The van der Waals surface area contributed by atoms with Crippen molar-refractivity contribution in [1.29, 1.82) is 0 Å². The van der Waals surface area contributed by atoms with Crippen LogP contribution in [0.25, 0.3) is 10.8 Å². The summed E-state index contributed by atoms with van der Waals surface area (Å²) < 4.78 is 5.65. The third kappa shape index (κ3) is 3.27. The zero-order valence-electron chi connectivity index (χ0n) is 14.6. The number of hydrogen-bond acceptors (Lipinski definition) is 4. The summed E-state index contributed by atoms with van der Waals surface area (Å²) in [5.41, 5.74) is 3.88. The van der Waals surface area contributed by atoms with Crippen molar-refractivity contribution in [2.75, 3.05) is 5.32 Å². The number of benzene rings is 3. The Kier molecular flexibility index (Phi) is 4.57. The Morgan fingerprint density at radius 3 is 2.59 bits per heavy atom. The summed E-state index contributed by atoms with van der Waals surface area (Å²) in [6.45, 7) is 2.04. The van der Waals surface area contributed by atoms with Crippen LogP contribution in [0.5, 0.6) is 0 Å². The zero-order chi connectivity index (χ0) is 18.8. The second-order valence-corrected chi connectivity index (χ2v) is 6.64. The highest BCUT2D eigenvalue weighted by molar-refractivity contribution is 6.36. The van der Waals surface area contributed by atoms with Crippen molar-refractivity contribution in [3.8, 4) is 0 Å². The highest BCUT2D eigenvalue weighted by atomic mass is 35.5. The Morgan fingerprint density at radius 1 is 1.04 bits per heavy atom. The number of furan rings is 1. The average Bonchev–Trinajstić information content (AvgIpc) is 3.10. The lowest BCUT2D eigenvalue weighted by Crippen LogP contribution is -2.04. The fraction of sp³-hybridized carbons (Fsp3) is 0.0455. The molecule has 0 atom stereocenters. The van der Waals surface area contributed by atoms with Crippen LogP contribution in [0.2, 0.25) is 5.02 Å². The molecule has 0 saturated carbocycles. The number of halogens is 1. The number of aryl methyl sites for hydroxylation is 1. The number of fused-ring (bicyclic) bond motifs is 1. The van der Waals surface area contributed by atoms with Gasteiger partial charge in [0.25, 0.3) is 0 Å². The van der Waals surface area contributed by atoms with E-state index in [1.807, 2.05) is 67.6 Å². The highest BCUT2D eigenvalue weighted by Crippen LogP contribution is 2.30. The molecule has 4 aromatic rings. The highest BCUT2D eigenvalue weighted by Gasteiger charge is 2.18. The summed E-state index contributed by atoms with van der Waals surface area (Å²) >= 11 is 6.50. The van der Waals surface area contributed by atoms with Gasteiger partial charge in [0.1, 0.15) is 0 Å². The Morgan fingerprint density at radius 2 is 1.81 bits per heavy atom. The lowest BCUT2D eigenvalue weighted by molar-refractivity contribution is 0.318. The van der Waals surface area contributed by atoms with Gasteiger partial charge in [-0.2, -0.15) is 0 Å². The SMILES string of the molecule is Cc1ccccc1Nc1ccc(C(=NO)c2occ3ccccc23)c(Cl)c1. The van der Waals surface area contributed by atoms with E-state index >= 15 is 0 Å². The Balaban J connectivity index is 1.70. The molecule has 2 N–H and O–H groups in total. The molecule has 4 nitrogen and oxygen atoms in total. The fourth-order valence-electron chi connectivity index (χ4n) is 3.05. The van der Waals surface area contributed by atoms with Gasteiger partial charge in [0.15, 0.2) is 11.5 Å². The van der Waals surface area contributed by atoms with E-state index in [9.17, 15) is 5.21 Å². The normalized spacial score (nSPS) is 11.7. The molecule has 0 amide bonds. The number of anilines is 2. The first kappa shape index (κ1) is 17.2. The van der Waals surface area contributed by atoms with Crippen LogP contribution >= 0.6 is 11.6 Å². The summed E-state index contributed by atoms with van der Waals surface area (Å²) in [6.07, 6.45) is 1.64. The van der Waals surface area contributed by atoms with Crippen molar-refractivity contribution in [3.63, 3.8) is 0 Å². The van der Waals surface area contributed by atoms with Crippen LogP contribution in [-0.4, -0.2) is 10.9 Å². The first-order chi connectivity index (χ1) is 13.2. The van der Waals surface area contributed by atoms with Gasteiger partial charge >= 0.3 is 0 Å². The second-order valence-electron chi connectivity index (χ2n) is 6.24. The predicted octanol–water partition coefficient (Wildman–Crippen LogP) is 6.36. The van der Waals surface area contributed by atoms with Gasteiger partial charge in [-0.25, -0.2) is 0 Å². The molecule has 1 aromatic heterocycles. The molecule has 0 saturated heterocycles. The standard InChI is InChI=1S/C22H17ClN2O2/c1-14-6-2-5-9-20(14)24-16-10-11-18(19(23)12-16)21(25-26)22-17-8-4-3-7-15(17)13-27-22/h2-13,24,26H,1H3. The molecule has 27 heavy (non-hydrogen) atoms.